The summed E-state index contributed by atoms with van der Waals surface area (Å²) in [6.45, 7) is 5.72. The molecule has 0 saturated carbocycles. The van der Waals surface area contributed by atoms with E-state index in [1.165, 1.54) is 12.0 Å². The summed E-state index contributed by atoms with van der Waals surface area (Å²) in [5.41, 5.74) is 3.26. The number of nitrogens with zero attached hydrogens (tertiary/aromatic N) is 1. The highest BCUT2D eigenvalue weighted by Crippen LogP contribution is 2.21. The maximum Gasteiger partial charge on any atom is 0.257 e. The quantitative estimate of drug-likeness (QED) is 0.788. The Morgan fingerprint density at radius 2 is 1.71 bits per heavy atom. The van der Waals surface area contributed by atoms with Gasteiger partial charge < -0.3 is 9.64 Å². The summed E-state index contributed by atoms with van der Waals surface area (Å²) in [5, 5.41) is 0. The molecule has 0 aliphatic carbocycles. The minimum absolute atomic E-state index is 0.0798. The van der Waals surface area contributed by atoms with Crippen LogP contribution in [0.4, 0.5) is 0 Å². The summed E-state index contributed by atoms with van der Waals surface area (Å²) in [6.07, 6.45) is 0. The van der Waals surface area contributed by atoms with E-state index in [9.17, 15) is 9.59 Å². The third-order valence-electron chi connectivity index (χ3n) is 4.41. The van der Waals surface area contributed by atoms with Crippen molar-refractivity contribution in [3.05, 3.63) is 64.7 Å². The number of rotatable bonds is 5. The first-order valence-electron chi connectivity index (χ1n) is 7.88. The maximum absolute atomic E-state index is 12.7. The van der Waals surface area contributed by atoms with E-state index in [1.807, 2.05) is 32.0 Å². The van der Waals surface area contributed by atoms with Crippen LogP contribution in [0.1, 0.15) is 38.8 Å². The summed E-state index contributed by atoms with van der Waals surface area (Å²) in [4.78, 5) is 26.9. The van der Waals surface area contributed by atoms with Crippen LogP contribution in [0.15, 0.2) is 42.5 Å². The average molecular weight is 325 g/mol. The van der Waals surface area contributed by atoms with Crippen LogP contribution in [0.2, 0.25) is 0 Å². The lowest BCUT2D eigenvalue weighted by atomic mass is 9.99. The monoisotopic (exact) mass is 325 g/mol. The predicted octanol–water partition coefficient (Wildman–Crippen LogP) is 3.66. The van der Waals surface area contributed by atoms with Gasteiger partial charge in [0.15, 0.2) is 5.78 Å². The smallest absolute Gasteiger partial charge is 0.257 e. The van der Waals surface area contributed by atoms with Gasteiger partial charge in [-0.3, -0.25) is 9.59 Å². The van der Waals surface area contributed by atoms with Crippen LogP contribution in [0.25, 0.3) is 0 Å². The zero-order chi connectivity index (χ0) is 17.9. The molecule has 0 saturated heterocycles. The number of ketones is 1. The Morgan fingerprint density at radius 3 is 2.33 bits per heavy atom. The van der Waals surface area contributed by atoms with Gasteiger partial charge in [0.05, 0.1) is 18.7 Å². The Labute approximate surface area is 143 Å². The van der Waals surface area contributed by atoms with Gasteiger partial charge in [0.25, 0.3) is 5.91 Å². The summed E-state index contributed by atoms with van der Waals surface area (Å²) in [7, 11) is 3.16. The number of carbonyl (C=O) groups excluding carboxylic acids is 2. The molecule has 0 aromatic heterocycles. The van der Waals surface area contributed by atoms with Gasteiger partial charge in [-0.25, -0.2) is 0 Å². The van der Waals surface area contributed by atoms with Crippen LogP contribution < -0.4 is 4.74 Å². The molecule has 24 heavy (non-hydrogen) atoms. The number of carbonyl (C=O) groups is 2. The van der Waals surface area contributed by atoms with Gasteiger partial charge in [0.1, 0.15) is 5.75 Å². The SMILES string of the molecule is COc1ccccc1C(=O)N(C)C(C)C(=O)c1ccc(C)c(C)c1. The van der Waals surface area contributed by atoms with Crippen molar-refractivity contribution in [2.75, 3.05) is 14.2 Å². The molecule has 0 radical (unpaired) electrons. The minimum atomic E-state index is -0.565. The number of amides is 1. The predicted molar refractivity (Wildman–Crippen MR) is 94.8 cm³/mol. The molecule has 4 nitrogen and oxygen atoms in total. The highest BCUT2D eigenvalue weighted by atomic mass is 16.5. The molecule has 0 aliphatic heterocycles. The van der Waals surface area contributed by atoms with Crippen molar-refractivity contribution in [3.63, 3.8) is 0 Å². The van der Waals surface area contributed by atoms with E-state index in [4.69, 9.17) is 4.74 Å². The van der Waals surface area contributed by atoms with E-state index in [0.29, 0.717) is 16.9 Å². The second-order valence-corrected chi connectivity index (χ2v) is 5.96. The number of para-hydroxylation sites is 1. The Hall–Kier alpha value is -2.62. The molecule has 4 heteroatoms. The second-order valence-electron chi connectivity index (χ2n) is 5.96. The van der Waals surface area contributed by atoms with Gasteiger partial charge in [0.2, 0.25) is 0 Å². The largest absolute Gasteiger partial charge is 0.496 e. The zero-order valence-corrected chi connectivity index (χ0v) is 14.8. The number of hydrogen-bond donors (Lipinski definition) is 0. The molecule has 0 heterocycles. The molecule has 0 aliphatic rings. The number of aryl methyl sites for hydroxylation is 2. The first-order valence-corrected chi connectivity index (χ1v) is 7.88. The van der Waals surface area contributed by atoms with Crippen molar-refractivity contribution in [1.29, 1.82) is 0 Å². The van der Waals surface area contributed by atoms with Crippen molar-refractivity contribution in [3.8, 4) is 5.75 Å². The third kappa shape index (κ3) is 3.48. The van der Waals surface area contributed by atoms with E-state index >= 15 is 0 Å². The Kier molecular flexibility index (Phi) is 5.39. The summed E-state index contributed by atoms with van der Waals surface area (Å²) < 4.78 is 5.24. The maximum atomic E-state index is 12.7. The van der Waals surface area contributed by atoms with E-state index in [0.717, 1.165) is 11.1 Å². The fraction of sp³-hybridized carbons (Fsp3) is 0.300. The van der Waals surface area contributed by atoms with Gasteiger partial charge in [0, 0.05) is 12.6 Å². The molecule has 2 aromatic carbocycles. The average Bonchev–Trinajstić information content (AvgIpc) is 2.61. The molecule has 0 bridgehead atoms. The highest BCUT2D eigenvalue weighted by Gasteiger charge is 2.26. The zero-order valence-electron chi connectivity index (χ0n) is 14.8. The van der Waals surface area contributed by atoms with E-state index < -0.39 is 6.04 Å². The topological polar surface area (TPSA) is 46.6 Å². The summed E-state index contributed by atoms with van der Waals surface area (Å²) in [5.74, 6) is 0.182. The Bertz CT molecular complexity index is 767. The summed E-state index contributed by atoms with van der Waals surface area (Å²) in [6, 6.07) is 12.1. The highest BCUT2D eigenvalue weighted by molar-refractivity contribution is 6.04. The fourth-order valence-electron chi connectivity index (χ4n) is 2.50. The number of methoxy groups -OCH3 is 1. The Balaban J connectivity index is 2.24. The molecule has 2 rings (SSSR count). The first kappa shape index (κ1) is 17.7. The van der Waals surface area contributed by atoms with Crippen LogP contribution in [0, 0.1) is 13.8 Å². The van der Waals surface area contributed by atoms with Crippen molar-refractivity contribution in [2.45, 2.75) is 26.8 Å². The molecular formula is C20H23NO3. The van der Waals surface area contributed by atoms with Gasteiger partial charge in [-0.15, -0.1) is 0 Å². The standard InChI is InChI=1S/C20H23NO3/c1-13-10-11-16(12-14(13)2)19(22)15(3)21(4)20(23)17-8-6-7-9-18(17)24-5/h6-12,15H,1-5H3. The van der Waals surface area contributed by atoms with E-state index in [2.05, 4.69) is 0 Å². The molecule has 1 unspecified atom stereocenters. The molecule has 2 aromatic rings. The fourth-order valence-corrected chi connectivity index (χ4v) is 2.50. The van der Waals surface area contributed by atoms with Crippen molar-refractivity contribution in [2.24, 2.45) is 0 Å². The van der Waals surface area contributed by atoms with Crippen molar-refractivity contribution >= 4 is 11.7 Å². The van der Waals surface area contributed by atoms with Gasteiger partial charge in [-0.05, 0) is 50.1 Å². The normalized spacial score (nSPS) is 11.7. The van der Waals surface area contributed by atoms with E-state index in [-0.39, 0.29) is 11.7 Å². The number of ether oxygens (including phenoxy) is 1. The lowest BCUT2D eigenvalue weighted by Crippen LogP contribution is -2.40. The number of benzene rings is 2. The molecule has 0 spiro atoms. The van der Waals surface area contributed by atoms with E-state index in [1.54, 1.807) is 38.2 Å². The third-order valence-corrected chi connectivity index (χ3v) is 4.41. The van der Waals surface area contributed by atoms with Crippen LogP contribution in [-0.2, 0) is 0 Å². The molecule has 1 amide bonds. The molecule has 0 N–H and O–H groups in total. The van der Waals surface area contributed by atoms with Crippen LogP contribution in [-0.4, -0.2) is 36.8 Å². The van der Waals surface area contributed by atoms with Crippen LogP contribution >= 0.6 is 0 Å². The number of Topliss-reactive ketones (excluding diaryl/α,β-unsaturated/α-hetero) is 1. The molecule has 126 valence electrons. The first-order chi connectivity index (χ1) is 11.4. The number of hydrogen-bond acceptors (Lipinski definition) is 3. The minimum Gasteiger partial charge on any atom is -0.496 e. The lowest BCUT2D eigenvalue weighted by molar-refractivity contribution is 0.0672. The summed E-state index contributed by atoms with van der Waals surface area (Å²) >= 11 is 0. The second kappa shape index (κ2) is 7.30. The lowest BCUT2D eigenvalue weighted by Gasteiger charge is -2.25. The molecular weight excluding hydrogens is 302 g/mol. The van der Waals surface area contributed by atoms with Crippen LogP contribution in [0.5, 0.6) is 5.75 Å². The van der Waals surface area contributed by atoms with Gasteiger partial charge >= 0.3 is 0 Å². The van der Waals surface area contributed by atoms with Gasteiger partial charge in [-0.2, -0.15) is 0 Å². The Morgan fingerprint density at radius 1 is 1.04 bits per heavy atom. The van der Waals surface area contributed by atoms with Crippen LogP contribution in [0.3, 0.4) is 0 Å². The van der Waals surface area contributed by atoms with Crippen molar-refractivity contribution < 1.29 is 14.3 Å². The molecule has 0 fully saturated rings. The molecule has 1 atom stereocenters. The number of likely N-dealkylation sites (N-methyl/N-ethyl adjacent to an activating group) is 1. The van der Waals surface area contributed by atoms with Crippen molar-refractivity contribution in [1.82, 2.24) is 4.90 Å². The van der Waals surface area contributed by atoms with Gasteiger partial charge in [-0.1, -0.05) is 24.3 Å².